The Hall–Kier alpha value is -2.09. The van der Waals surface area contributed by atoms with Gasteiger partial charge in [-0.3, -0.25) is 4.79 Å². The number of hydrogen-bond donors (Lipinski definition) is 0. The lowest BCUT2D eigenvalue weighted by atomic mass is 9.97. The summed E-state index contributed by atoms with van der Waals surface area (Å²) in [6.45, 7) is 0.703. The van der Waals surface area contributed by atoms with E-state index in [2.05, 4.69) is 36.4 Å². The van der Waals surface area contributed by atoms with E-state index in [9.17, 15) is 4.79 Å². The van der Waals surface area contributed by atoms with E-state index in [-0.39, 0.29) is 5.91 Å². The van der Waals surface area contributed by atoms with Gasteiger partial charge in [-0.15, -0.1) is 0 Å². The SMILES string of the molecule is O=C1C2=CC=CCC=C2CN1c1ccc(C2CCCC2)cc1. The molecule has 2 aliphatic carbocycles. The minimum absolute atomic E-state index is 0.131. The van der Waals surface area contributed by atoms with Crippen LogP contribution in [0.4, 0.5) is 5.69 Å². The molecule has 0 atom stereocenters. The van der Waals surface area contributed by atoms with Gasteiger partial charge in [0.1, 0.15) is 0 Å². The summed E-state index contributed by atoms with van der Waals surface area (Å²) in [6.07, 6.45) is 14.4. The predicted octanol–water partition coefficient (Wildman–Crippen LogP) is 4.50. The zero-order valence-corrected chi connectivity index (χ0v) is 12.8. The molecule has 1 heterocycles. The zero-order chi connectivity index (χ0) is 14.9. The van der Waals surface area contributed by atoms with Crippen molar-refractivity contribution in [2.75, 3.05) is 11.4 Å². The van der Waals surface area contributed by atoms with Gasteiger partial charge in [0, 0.05) is 11.3 Å². The van der Waals surface area contributed by atoms with Crippen LogP contribution in [0.15, 0.2) is 59.7 Å². The maximum atomic E-state index is 12.6. The summed E-state index contributed by atoms with van der Waals surface area (Å²) in [7, 11) is 0. The Kier molecular flexibility index (Phi) is 3.45. The Morgan fingerprint density at radius 1 is 1.05 bits per heavy atom. The number of amides is 1. The first-order valence-electron chi connectivity index (χ1n) is 8.31. The molecule has 112 valence electrons. The lowest BCUT2D eigenvalue weighted by Gasteiger charge is -2.17. The van der Waals surface area contributed by atoms with E-state index in [1.165, 1.54) is 31.2 Å². The van der Waals surface area contributed by atoms with Crippen LogP contribution in [0.5, 0.6) is 0 Å². The number of anilines is 1. The zero-order valence-electron chi connectivity index (χ0n) is 12.8. The quantitative estimate of drug-likeness (QED) is 0.785. The fraction of sp³-hybridized carbons (Fsp3) is 0.350. The third-order valence-electron chi connectivity index (χ3n) is 5.08. The summed E-state index contributed by atoms with van der Waals surface area (Å²) in [5, 5.41) is 0. The van der Waals surface area contributed by atoms with Crippen molar-refractivity contribution in [3.63, 3.8) is 0 Å². The van der Waals surface area contributed by atoms with E-state index in [1.807, 2.05) is 17.1 Å². The number of rotatable bonds is 2. The molecule has 0 N–H and O–H groups in total. The van der Waals surface area contributed by atoms with E-state index < -0.39 is 0 Å². The second kappa shape index (κ2) is 5.60. The van der Waals surface area contributed by atoms with Gasteiger partial charge in [-0.1, -0.05) is 43.2 Å². The molecule has 1 amide bonds. The Bertz CT molecular complexity index is 672. The molecule has 2 heteroatoms. The molecule has 1 aromatic carbocycles. The number of allylic oxidation sites excluding steroid dienone is 4. The predicted molar refractivity (Wildman–Crippen MR) is 89.9 cm³/mol. The summed E-state index contributed by atoms with van der Waals surface area (Å²) in [6, 6.07) is 8.67. The van der Waals surface area contributed by atoms with Crippen molar-refractivity contribution in [1.29, 1.82) is 0 Å². The maximum absolute atomic E-state index is 12.6. The van der Waals surface area contributed by atoms with Gasteiger partial charge in [0.2, 0.25) is 0 Å². The van der Waals surface area contributed by atoms with Gasteiger partial charge >= 0.3 is 0 Å². The Labute approximate surface area is 131 Å². The van der Waals surface area contributed by atoms with Crippen LogP contribution in [0.3, 0.4) is 0 Å². The summed E-state index contributed by atoms with van der Waals surface area (Å²) >= 11 is 0. The summed E-state index contributed by atoms with van der Waals surface area (Å²) in [5.41, 5.74) is 4.47. The molecule has 0 unspecified atom stereocenters. The topological polar surface area (TPSA) is 20.3 Å². The minimum atomic E-state index is 0.131. The number of fused-ring (bicyclic) bond motifs is 1. The molecule has 3 aliphatic rings. The van der Waals surface area contributed by atoms with Crippen LogP contribution in [0.1, 0.15) is 43.6 Å². The van der Waals surface area contributed by atoms with Gasteiger partial charge in [-0.05, 0) is 54.5 Å². The highest BCUT2D eigenvalue weighted by atomic mass is 16.2. The van der Waals surface area contributed by atoms with Crippen LogP contribution in [-0.4, -0.2) is 12.5 Å². The van der Waals surface area contributed by atoms with Crippen LogP contribution in [0.25, 0.3) is 0 Å². The van der Waals surface area contributed by atoms with E-state index in [0.29, 0.717) is 6.54 Å². The first-order valence-corrected chi connectivity index (χ1v) is 8.31. The van der Waals surface area contributed by atoms with Crippen LogP contribution in [0, 0.1) is 0 Å². The van der Waals surface area contributed by atoms with Gasteiger partial charge in [-0.25, -0.2) is 0 Å². The van der Waals surface area contributed by atoms with Crippen LogP contribution in [0.2, 0.25) is 0 Å². The third-order valence-corrected chi connectivity index (χ3v) is 5.08. The number of benzene rings is 1. The number of carbonyl (C=O) groups is 1. The smallest absolute Gasteiger partial charge is 0.258 e. The lowest BCUT2D eigenvalue weighted by Crippen LogP contribution is -2.24. The summed E-state index contributed by atoms with van der Waals surface area (Å²) < 4.78 is 0. The van der Waals surface area contributed by atoms with Crippen molar-refractivity contribution < 1.29 is 4.79 Å². The normalized spacial score (nSPS) is 21.6. The molecule has 0 radical (unpaired) electrons. The van der Waals surface area contributed by atoms with Crippen molar-refractivity contribution >= 4 is 11.6 Å². The average molecular weight is 291 g/mol. The fourth-order valence-corrected chi connectivity index (χ4v) is 3.81. The highest BCUT2D eigenvalue weighted by Gasteiger charge is 2.31. The second-order valence-electron chi connectivity index (χ2n) is 6.44. The third kappa shape index (κ3) is 2.33. The minimum Gasteiger partial charge on any atom is -0.304 e. The molecule has 1 saturated carbocycles. The van der Waals surface area contributed by atoms with Crippen molar-refractivity contribution in [3.8, 4) is 0 Å². The van der Waals surface area contributed by atoms with E-state index in [4.69, 9.17) is 0 Å². The van der Waals surface area contributed by atoms with Gasteiger partial charge < -0.3 is 4.90 Å². The highest BCUT2D eigenvalue weighted by Crippen LogP contribution is 2.36. The molecule has 1 aromatic rings. The molecule has 1 aliphatic heterocycles. The van der Waals surface area contributed by atoms with Crippen molar-refractivity contribution in [2.45, 2.75) is 38.0 Å². The van der Waals surface area contributed by atoms with Crippen LogP contribution >= 0.6 is 0 Å². The number of hydrogen-bond acceptors (Lipinski definition) is 1. The van der Waals surface area contributed by atoms with Crippen LogP contribution in [-0.2, 0) is 4.79 Å². The number of carbonyl (C=O) groups excluding carboxylic acids is 1. The molecule has 1 saturated heterocycles. The Morgan fingerprint density at radius 3 is 2.59 bits per heavy atom. The summed E-state index contributed by atoms with van der Waals surface area (Å²) in [5.74, 6) is 0.858. The molecule has 2 fully saturated rings. The molecular weight excluding hydrogens is 270 g/mol. The number of nitrogens with zero attached hydrogens (tertiary/aromatic N) is 1. The van der Waals surface area contributed by atoms with Crippen LogP contribution < -0.4 is 4.90 Å². The largest absolute Gasteiger partial charge is 0.304 e. The first kappa shape index (κ1) is 13.6. The Morgan fingerprint density at radius 2 is 1.82 bits per heavy atom. The molecule has 4 rings (SSSR count). The molecule has 0 spiro atoms. The highest BCUT2D eigenvalue weighted by molar-refractivity contribution is 6.13. The molecule has 22 heavy (non-hydrogen) atoms. The van der Waals surface area contributed by atoms with Gasteiger partial charge in [-0.2, -0.15) is 0 Å². The fourth-order valence-electron chi connectivity index (χ4n) is 3.81. The molecule has 0 aromatic heterocycles. The van der Waals surface area contributed by atoms with E-state index in [1.54, 1.807) is 0 Å². The van der Waals surface area contributed by atoms with Gasteiger partial charge in [0.15, 0.2) is 0 Å². The lowest BCUT2D eigenvalue weighted by molar-refractivity contribution is -0.114. The van der Waals surface area contributed by atoms with Crippen molar-refractivity contribution in [2.24, 2.45) is 0 Å². The summed E-state index contributed by atoms with van der Waals surface area (Å²) in [4.78, 5) is 14.5. The van der Waals surface area contributed by atoms with Crippen molar-refractivity contribution in [1.82, 2.24) is 0 Å². The van der Waals surface area contributed by atoms with Gasteiger partial charge in [0.25, 0.3) is 5.91 Å². The molecular formula is C20H21NO. The molecule has 2 nitrogen and oxygen atoms in total. The molecule has 0 bridgehead atoms. The average Bonchev–Trinajstić information content (AvgIpc) is 3.11. The van der Waals surface area contributed by atoms with E-state index in [0.717, 1.165) is 29.2 Å². The standard InChI is InChI=1S/C20H21NO/c22-20-19-9-3-1-2-8-17(19)14-21(20)18-12-10-16(11-13-18)15-6-4-5-7-15/h1,3,8-13,15H,2,4-7,14H2. The first-order chi connectivity index (χ1) is 10.8. The maximum Gasteiger partial charge on any atom is 0.258 e. The second-order valence-corrected chi connectivity index (χ2v) is 6.44. The van der Waals surface area contributed by atoms with Gasteiger partial charge in [0.05, 0.1) is 6.54 Å². The van der Waals surface area contributed by atoms with Crippen molar-refractivity contribution in [3.05, 3.63) is 65.3 Å². The van der Waals surface area contributed by atoms with E-state index >= 15 is 0 Å². The Balaban J connectivity index is 1.59. The monoisotopic (exact) mass is 291 g/mol.